The number of benzene rings is 1. The molecule has 2 heterocycles. The molecular weight excluding hydrogens is 457 g/mol. The van der Waals surface area contributed by atoms with E-state index in [0.29, 0.717) is 17.5 Å². The maximum atomic E-state index is 12.7. The zero-order valence-electron chi connectivity index (χ0n) is 16.5. The van der Waals surface area contributed by atoms with Crippen LogP contribution in [0.3, 0.4) is 0 Å². The molecule has 166 valence electrons. The lowest BCUT2D eigenvalue weighted by Gasteiger charge is -2.23. The van der Waals surface area contributed by atoms with Crippen molar-refractivity contribution in [3.63, 3.8) is 0 Å². The molecule has 0 bridgehead atoms. The molecule has 3 amide bonds. The van der Waals surface area contributed by atoms with Gasteiger partial charge in [0.15, 0.2) is 0 Å². The predicted molar refractivity (Wildman–Crippen MR) is 106 cm³/mol. The Balaban J connectivity index is 1.72. The third-order valence-electron chi connectivity index (χ3n) is 4.92. The first-order valence-electron chi connectivity index (χ1n) is 9.22. The third kappa shape index (κ3) is 4.85. The maximum absolute atomic E-state index is 12.7. The standard InChI is InChI=1S/C19H18Cl2F2N4O4/c1-19(2,18-26-15(14(22)23)27-31-18)17(30)24-7-8-5-10(20)13(11(21)6-8)9-3-4-12(28)25-16(9)29/h5-6,9,14H,3-4,7H2,1-2H3,(H,24,30)(H,25,28,29). The molecule has 1 aliphatic heterocycles. The zero-order valence-corrected chi connectivity index (χ0v) is 18.0. The molecule has 1 saturated heterocycles. The molecule has 1 atom stereocenters. The van der Waals surface area contributed by atoms with Gasteiger partial charge < -0.3 is 9.84 Å². The van der Waals surface area contributed by atoms with Crippen LogP contribution in [0.2, 0.25) is 10.0 Å². The molecule has 3 rings (SSSR count). The van der Waals surface area contributed by atoms with Crippen LogP contribution in [0.15, 0.2) is 16.7 Å². The van der Waals surface area contributed by atoms with Crippen LogP contribution < -0.4 is 10.6 Å². The highest BCUT2D eigenvalue weighted by Crippen LogP contribution is 2.37. The number of hydrogen-bond donors (Lipinski definition) is 2. The summed E-state index contributed by atoms with van der Waals surface area (Å²) in [6.07, 6.45) is -2.44. The third-order valence-corrected chi connectivity index (χ3v) is 5.54. The van der Waals surface area contributed by atoms with E-state index in [1.54, 1.807) is 12.1 Å². The second-order valence-corrected chi connectivity index (χ2v) is 8.36. The smallest absolute Gasteiger partial charge is 0.300 e. The highest BCUT2D eigenvalue weighted by atomic mass is 35.5. The number of nitrogens with one attached hydrogen (secondary N) is 2. The molecule has 1 aromatic carbocycles. The molecule has 2 N–H and O–H groups in total. The number of carbonyl (C=O) groups excluding carboxylic acids is 3. The van der Waals surface area contributed by atoms with Crippen molar-refractivity contribution in [2.45, 2.75) is 51.0 Å². The minimum atomic E-state index is -2.91. The summed E-state index contributed by atoms with van der Waals surface area (Å²) >= 11 is 12.7. The van der Waals surface area contributed by atoms with Crippen molar-refractivity contribution in [3.05, 3.63) is 45.0 Å². The van der Waals surface area contributed by atoms with Gasteiger partial charge in [-0.25, -0.2) is 8.78 Å². The number of piperidine rings is 1. The van der Waals surface area contributed by atoms with E-state index in [2.05, 4.69) is 20.8 Å². The maximum Gasteiger partial charge on any atom is 0.300 e. The summed E-state index contributed by atoms with van der Waals surface area (Å²) in [6.45, 7) is 2.93. The van der Waals surface area contributed by atoms with Gasteiger partial charge in [-0.1, -0.05) is 28.4 Å². The van der Waals surface area contributed by atoms with Crippen LogP contribution in [0.4, 0.5) is 8.78 Å². The highest BCUT2D eigenvalue weighted by molar-refractivity contribution is 6.36. The van der Waals surface area contributed by atoms with E-state index >= 15 is 0 Å². The fraction of sp³-hybridized carbons (Fsp3) is 0.421. The number of amides is 3. The van der Waals surface area contributed by atoms with Crippen molar-refractivity contribution < 1.29 is 27.7 Å². The second-order valence-electron chi connectivity index (χ2n) is 7.54. The van der Waals surface area contributed by atoms with Gasteiger partial charge in [-0.15, -0.1) is 0 Å². The van der Waals surface area contributed by atoms with Gasteiger partial charge in [-0.3, -0.25) is 19.7 Å². The van der Waals surface area contributed by atoms with Crippen molar-refractivity contribution in [3.8, 4) is 0 Å². The number of alkyl halides is 2. The molecule has 0 spiro atoms. The summed E-state index contributed by atoms with van der Waals surface area (Å²) in [5.74, 6) is -3.05. The molecule has 0 saturated carbocycles. The first-order chi connectivity index (χ1) is 14.5. The Morgan fingerprint density at radius 3 is 2.52 bits per heavy atom. The molecule has 1 unspecified atom stereocenters. The summed E-state index contributed by atoms with van der Waals surface area (Å²) in [7, 11) is 0. The number of imide groups is 1. The average Bonchev–Trinajstić information content (AvgIpc) is 3.18. The lowest BCUT2D eigenvalue weighted by Crippen LogP contribution is -2.40. The monoisotopic (exact) mass is 474 g/mol. The fourth-order valence-electron chi connectivity index (χ4n) is 3.12. The number of carbonyl (C=O) groups is 3. The Bertz CT molecular complexity index is 1020. The summed E-state index contributed by atoms with van der Waals surface area (Å²) in [6, 6.07) is 3.11. The molecule has 0 aliphatic carbocycles. The largest absolute Gasteiger partial charge is 0.351 e. The van der Waals surface area contributed by atoms with Crippen molar-refractivity contribution in [2.75, 3.05) is 0 Å². The molecule has 1 fully saturated rings. The lowest BCUT2D eigenvalue weighted by molar-refractivity contribution is -0.134. The Hall–Kier alpha value is -2.59. The van der Waals surface area contributed by atoms with E-state index in [-0.39, 0.29) is 34.8 Å². The lowest BCUT2D eigenvalue weighted by atomic mass is 9.89. The number of halogens is 4. The molecule has 2 aromatic rings. The Morgan fingerprint density at radius 1 is 1.32 bits per heavy atom. The van der Waals surface area contributed by atoms with Crippen molar-refractivity contribution in [2.24, 2.45) is 0 Å². The average molecular weight is 475 g/mol. The van der Waals surface area contributed by atoms with Gasteiger partial charge in [-0.05, 0) is 38.0 Å². The van der Waals surface area contributed by atoms with Crippen LogP contribution in [0.5, 0.6) is 0 Å². The quantitative estimate of drug-likeness (QED) is 0.619. The minimum absolute atomic E-state index is 0.0210. The molecule has 12 heteroatoms. The van der Waals surface area contributed by atoms with Crippen LogP contribution in [-0.2, 0) is 26.3 Å². The minimum Gasteiger partial charge on any atom is -0.351 e. The summed E-state index contributed by atoms with van der Waals surface area (Å²) in [5, 5.41) is 8.53. The van der Waals surface area contributed by atoms with E-state index in [9.17, 15) is 23.2 Å². The van der Waals surface area contributed by atoms with Crippen molar-refractivity contribution in [1.82, 2.24) is 20.8 Å². The van der Waals surface area contributed by atoms with Crippen LogP contribution in [-0.4, -0.2) is 27.9 Å². The van der Waals surface area contributed by atoms with Gasteiger partial charge in [0.25, 0.3) is 0 Å². The topological polar surface area (TPSA) is 114 Å². The molecule has 8 nitrogen and oxygen atoms in total. The summed E-state index contributed by atoms with van der Waals surface area (Å²) < 4.78 is 30.1. The van der Waals surface area contributed by atoms with Crippen molar-refractivity contribution in [1.29, 1.82) is 0 Å². The normalized spacial score (nSPS) is 17.1. The van der Waals surface area contributed by atoms with Gasteiger partial charge in [0.1, 0.15) is 5.41 Å². The SMILES string of the molecule is CC(C)(C(=O)NCc1cc(Cl)c(C2CCC(=O)NC2=O)c(Cl)c1)c1nc(C(F)F)no1. The Kier molecular flexibility index (Phi) is 6.61. The molecular formula is C19H18Cl2F2N4O4. The Morgan fingerprint density at radius 2 is 1.97 bits per heavy atom. The van der Waals surface area contributed by atoms with Crippen LogP contribution in [0, 0.1) is 0 Å². The molecule has 1 aliphatic rings. The first kappa shape index (κ1) is 23.1. The van der Waals surface area contributed by atoms with Gasteiger partial charge in [0.2, 0.25) is 29.4 Å². The number of nitrogens with zero attached hydrogens (tertiary/aromatic N) is 2. The van der Waals surface area contributed by atoms with Crippen LogP contribution >= 0.6 is 23.2 Å². The van der Waals surface area contributed by atoms with E-state index in [4.69, 9.17) is 27.7 Å². The number of hydrogen-bond acceptors (Lipinski definition) is 6. The molecule has 0 radical (unpaired) electrons. The highest BCUT2D eigenvalue weighted by Gasteiger charge is 2.37. The van der Waals surface area contributed by atoms with E-state index in [1.165, 1.54) is 13.8 Å². The van der Waals surface area contributed by atoms with Gasteiger partial charge in [0.05, 0.1) is 5.92 Å². The van der Waals surface area contributed by atoms with Crippen molar-refractivity contribution >= 4 is 40.9 Å². The molecule has 1 aromatic heterocycles. The van der Waals surface area contributed by atoms with E-state index in [0.717, 1.165) is 0 Å². The summed E-state index contributed by atoms with van der Waals surface area (Å²) in [4.78, 5) is 39.6. The molecule has 31 heavy (non-hydrogen) atoms. The second kappa shape index (κ2) is 8.88. The van der Waals surface area contributed by atoms with E-state index < -0.39 is 35.4 Å². The fourth-order valence-corrected chi connectivity index (χ4v) is 3.91. The number of rotatable bonds is 6. The Labute approximate surface area is 185 Å². The summed E-state index contributed by atoms with van der Waals surface area (Å²) in [5.41, 5.74) is -0.399. The predicted octanol–water partition coefficient (Wildman–Crippen LogP) is 3.43. The van der Waals surface area contributed by atoms with E-state index in [1.807, 2.05) is 0 Å². The van der Waals surface area contributed by atoms with Gasteiger partial charge in [-0.2, -0.15) is 4.98 Å². The van der Waals surface area contributed by atoms with Crippen LogP contribution in [0.25, 0.3) is 0 Å². The van der Waals surface area contributed by atoms with Gasteiger partial charge >= 0.3 is 6.43 Å². The first-order valence-corrected chi connectivity index (χ1v) is 9.98. The van der Waals surface area contributed by atoms with Gasteiger partial charge in [0, 0.05) is 28.6 Å². The number of aromatic nitrogens is 2. The van der Waals surface area contributed by atoms with Crippen LogP contribution in [0.1, 0.15) is 61.9 Å². The zero-order chi connectivity index (χ0) is 22.9.